The number of nitrogens with one attached hydrogen (secondary N) is 2. The molecule has 0 saturated heterocycles. The predicted molar refractivity (Wildman–Crippen MR) is 110 cm³/mol. The Bertz CT molecular complexity index is 996. The third-order valence-corrected chi connectivity index (χ3v) is 4.41. The standard InChI is InChI=1S/C19H17Cl2N5O2/c1-2-11-3-6-13(7-4-11)28-19-16(22)17(23-10-24-19)25-26-18(27)14-8-5-12(20)9-15(14)21/h3-10H,2,22H2,1H3,(H,26,27)(H,23,24,25). The topological polar surface area (TPSA) is 102 Å². The van der Waals surface area contributed by atoms with Gasteiger partial charge in [0.2, 0.25) is 5.88 Å². The van der Waals surface area contributed by atoms with Crippen LogP contribution in [0.15, 0.2) is 48.8 Å². The van der Waals surface area contributed by atoms with Crippen molar-refractivity contribution in [2.24, 2.45) is 0 Å². The van der Waals surface area contributed by atoms with Gasteiger partial charge in [0.15, 0.2) is 5.82 Å². The first kappa shape index (κ1) is 19.7. The highest BCUT2D eigenvalue weighted by Gasteiger charge is 2.14. The number of aryl methyl sites for hydroxylation is 1. The van der Waals surface area contributed by atoms with Gasteiger partial charge in [0, 0.05) is 5.02 Å². The van der Waals surface area contributed by atoms with Crippen molar-refractivity contribution in [3.05, 3.63) is 70.0 Å². The van der Waals surface area contributed by atoms with Crippen LogP contribution in [0.4, 0.5) is 11.5 Å². The molecule has 0 spiro atoms. The maximum absolute atomic E-state index is 12.3. The third kappa shape index (κ3) is 4.62. The molecule has 1 aromatic heterocycles. The Morgan fingerprint density at radius 3 is 2.57 bits per heavy atom. The smallest absolute Gasteiger partial charge is 0.271 e. The van der Waals surface area contributed by atoms with Crippen LogP contribution >= 0.6 is 23.2 Å². The molecule has 0 aliphatic heterocycles. The largest absolute Gasteiger partial charge is 0.437 e. The fourth-order valence-corrected chi connectivity index (χ4v) is 2.82. The number of hydrogen-bond donors (Lipinski definition) is 3. The number of carbonyl (C=O) groups excluding carboxylic acids is 1. The molecule has 0 atom stereocenters. The number of halogens is 2. The Labute approximate surface area is 171 Å². The van der Waals surface area contributed by atoms with Crippen LogP contribution in [0.25, 0.3) is 0 Å². The van der Waals surface area contributed by atoms with Crippen LogP contribution in [-0.4, -0.2) is 15.9 Å². The molecule has 144 valence electrons. The van der Waals surface area contributed by atoms with Gasteiger partial charge in [0.25, 0.3) is 5.91 Å². The molecule has 2 aromatic carbocycles. The van der Waals surface area contributed by atoms with Crippen LogP contribution < -0.4 is 21.3 Å². The fraction of sp³-hybridized carbons (Fsp3) is 0.105. The van der Waals surface area contributed by atoms with Crippen LogP contribution in [0.5, 0.6) is 11.6 Å². The number of nitrogens with zero attached hydrogens (tertiary/aromatic N) is 2. The summed E-state index contributed by atoms with van der Waals surface area (Å²) >= 11 is 11.9. The van der Waals surface area contributed by atoms with Gasteiger partial charge in [0.05, 0.1) is 10.6 Å². The molecule has 0 saturated carbocycles. The lowest BCUT2D eigenvalue weighted by molar-refractivity contribution is 0.0962. The zero-order valence-electron chi connectivity index (χ0n) is 14.9. The van der Waals surface area contributed by atoms with Crippen LogP contribution in [-0.2, 0) is 6.42 Å². The summed E-state index contributed by atoms with van der Waals surface area (Å²) in [5, 5.41) is 0.658. The second-order valence-electron chi connectivity index (χ2n) is 5.74. The van der Waals surface area contributed by atoms with Crippen molar-refractivity contribution < 1.29 is 9.53 Å². The summed E-state index contributed by atoms with van der Waals surface area (Å²) in [6.45, 7) is 2.07. The molecule has 0 fully saturated rings. The Morgan fingerprint density at radius 1 is 1.14 bits per heavy atom. The summed E-state index contributed by atoms with van der Waals surface area (Å²) in [5.74, 6) is 0.469. The maximum atomic E-state index is 12.3. The summed E-state index contributed by atoms with van der Waals surface area (Å²) in [5.41, 5.74) is 12.8. The van der Waals surface area contributed by atoms with Gasteiger partial charge in [0.1, 0.15) is 17.8 Å². The second kappa shape index (κ2) is 8.77. The summed E-state index contributed by atoms with van der Waals surface area (Å²) in [4.78, 5) is 20.3. The molecular formula is C19H17Cl2N5O2. The second-order valence-corrected chi connectivity index (χ2v) is 6.59. The first-order valence-corrected chi connectivity index (χ1v) is 9.12. The van der Waals surface area contributed by atoms with Gasteiger partial charge in [-0.2, -0.15) is 4.98 Å². The number of benzene rings is 2. The van der Waals surface area contributed by atoms with E-state index in [9.17, 15) is 4.79 Å². The third-order valence-electron chi connectivity index (χ3n) is 3.86. The molecule has 4 N–H and O–H groups in total. The molecule has 0 aliphatic rings. The van der Waals surface area contributed by atoms with E-state index in [2.05, 4.69) is 27.7 Å². The van der Waals surface area contributed by atoms with Gasteiger partial charge in [-0.25, -0.2) is 4.98 Å². The first-order valence-electron chi connectivity index (χ1n) is 8.36. The average molecular weight is 418 g/mol. The van der Waals surface area contributed by atoms with E-state index in [4.69, 9.17) is 33.7 Å². The van der Waals surface area contributed by atoms with Gasteiger partial charge in [-0.1, -0.05) is 42.3 Å². The molecule has 3 aromatic rings. The average Bonchev–Trinajstić information content (AvgIpc) is 2.69. The quantitative estimate of drug-likeness (QED) is 0.511. The number of nitrogens with two attached hydrogens (primary N) is 1. The number of hydrogen-bond acceptors (Lipinski definition) is 6. The summed E-state index contributed by atoms with van der Waals surface area (Å²) < 4.78 is 5.71. The molecule has 0 radical (unpaired) electrons. The van der Waals surface area contributed by atoms with Crippen LogP contribution in [0.1, 0.15) is 22.8 Å². The number of aromatic nitrogens is 2. The highest BCUT2D eigenvalue weighted by molar-refractivity contribution is 6.36. The molecule has 3 rings (SSSR count). The van der Waals surface area contributed by atoms with Gasteiger partial charge in [-0.15, -0.1) is 0 Å². The lowest BCUT2D eigenvalue weighted by Gasteiger charge is -2.13. The lowest BCUT2D eigenvalue weighted by Crippen LogP contribution is -2.30. The van der Waals surface area contributed by atoms with Crippen molar-refractivity contribution in [3.8, 4) is 11.6 Å². The number of ether oxygens (including phenoxy) is 1. The molecule has 0 bridgehead atoms. The van der Waals surface area contributed by atoms with Crippen molar-refractivity contribution in [3.63, 3.8) is 0 Å². The van der Waals surface area contributed by atoms with Crippen molar-refractivity contribution in [2.45, 2.75) is 13.3 Å². The molecule has 1 heterocycles. The molecule has 9 heteroatoms. The number of rotatable bonds is 6. The van der Waals surface area contributed by atoms with Gasteiger partial charge in [-0.05, 0) is 42.3 Å². The van der Waals surface area contributed by atoms with Crippen molar-refractivity contribution in [1.29, 1.82) is 0 Å². The minimum absolute atomic E-state index is 0.143. The summed E-state index contributed by atoms with van der Waals surface area (Å²) in [7, 11) is 0. The van der Waals surface area contributed by atoms with E-state index in [0.29, 0.717) is 10.8 Å². The summed E-state index contributed by atoms with van der Waals surface area (Å²) in [6.07, 6.45) is 2.21. The monoisotopic (exact) mass is 417 g/mol. The molecular weight excluding hydrogens is 401 g/mol. The molecule has 1 amide bonds. The zero-order chi connectivity index (χ0) is 20.1. The van der Waals surface area contributed by atoms with Crippen LogP contribution in [0.2, 0.25) is 10.0 Å². The normalized spacial score (nSPS) is 10.4. The molecule has 0 aliphatic carbocycles. The van der Waals surface area contributed by atoms with Crippen LogP contribution in [0, 0.1) is 0 Å². The van der Waals surface area contributed by atoms with Crippen molar-refractivity contribution in [1.82, 2.24) is 15.4 Å². The van der Waals surface area contributed by atoms with Gasteiger partial charge in [-0.3, -0.25) is 15.6 Å². The molecule has 28 heavy (non-hydrogen) atoms. The number of amides is 1. The zero-order valence-corrected chi connectivity index (χ0v) is 16.4. The van der Waals surface area contributed by atoms with Gasteiger partial charge >= 0.3 is 0 Å². The number of anilines is 2. The Hall–Kier alpha value is -3.03. The molecule has 7 nitrogen and oxygen atoms in total. The van der Waals surface area contributed by atoms with E-state index in [1.165, 1.54) is 24.0 Å². The molecule has 0 unspecified atom stereocenters. The summed E-state index contributed by atoms with van der Waals surface area (Å²) in [6, 6.07) is 12.1. The highest BCUT2D eigenvalue weighted by Crippen LogP contribution is 2.29. The predicted octanol–water partition coefficient (Wildman–Crippen LogP) is 4.48. The fourth-order valence-electron chi connectivity index (χ4n) is 2.32. The number of carbonyl (C=O) groups is 1. The highest BCUT2D eigenvalue weighted by atomic mass is 35.5. The maximum Gasteiger partial charge on any atom is 0.271 e. The minimum atomic E-state index is -0.475. The van der Waals surface area contributed by atoms with Crippen molar-refractivity contribution >= 4 is 40.6 Å². The lowest BCUT2D eigenvalue weighted by atomic mass is 10.2. The Morgan fingerprint density at radius 2 is 1.89 bits per heavy atom. The Kier molecular flexibility index (Phi) is 6.18. The first-order chi connectivity index (χ1) is 13.5. The van der Waals surface area contributed by atoms with E-state index in [-0.39, 0.29) is 28.0 Å². The van der Waals surface area contributed by atoms with E-state index >= 15 is 0 Å². The van der Waals surface area contributed by atoms with E-state index in [1.54, 1.807) is 6.07 Å². The van der Waals surface area contributed by atoms with Crippen LogP contribution in [0.3, 0.4) is 0 Å². The van der Waals surface area contributed by atoms with Gasteiger partial charge < -0.3 is 10.5 Å². The van der Waals surface area contributed by atoms with E-state index in [0.717, 1.165) is 6.42 Å². The number of hydrazine groups is 1. The van der Waals surface area contributed by atoms with E-state index < -0.39 is 5.91 Å². The minimum Gasteiger partial charge on any atom is -0.437 e. The van der Waals surface area contributed by atoms with Crippen molar-refractivity contribution in [2.75, 3.05) is 11.2 Å². The SMILES string of the molecule is CCc1ccc(Oc2ncnc(NNC(=O)c3ccc(Cl)cc3Cl)c2N)cc1. The number of nitrogen functional groups attached to an aromatic ring is 1. The van der Waals surface area contributed by atoms with E-state index in [1.807, 2.05) is 24.3 Å². The Balaban J connectivity index is 1.70.